The number of methoxy groups -OCH3 is 1. The summed E-state index contributed by atoms with van der Waals surface area (Å²) in [7, 11) is -2.62. The molecule has 1 aromatic heterocycles. The molecule has 14 heteroatoms. The Morgan fingerprint density at radius 3 is 2.21 bits per heavy atom. The van der Waals surface area contributed by atoms with E-state index in [0.29, 0.717) is 16.2 Å². The van der Waals surface area contributed by atoms with Crippen molar-refractivity contribution in [2.24, 2.45) is 0 Å². The molecule has 0 amide bonds. The number of sulfonamides is 1. The van der Waals surface area contributed by atoms with Crippen LogP contribution in [0.5, 0.6) is 5.75 Å². The lowest BCUT2D eigenvalue weighted by atomic mass is 9.94. The molecule has 0 saturated heterocycles. The van der Waals surface area contributed by atoms with Crippen LogP contribution in [0.2, 0.25) is 0 Å². The molecule has 3 aromatic rings. The molecule has 0 fully saturated rings. The molecule has 3 rings (SSSR count). The van der Waals surface area contributed by atoms with Crippen molar-refractivity contribution in [2.75, 3.05) is 18.1 Å². The van der Waals surface area contributed by atoms with Crippen LogP contribution in [-0.2, 0) is 15.9 Å². The number of ether oxygens (including phenoxy) is 1. The second-order valence-corrected chi connectivity index (χ2v) is 9.97. The quantitative estimate of drug-likeness (QED) is 0.232. The summed E-state index contributed by atoms with van der Waals surface area (Å²) in [5.74, 6) is -6.17. The molecule has 39 heavy (non-hydrogen) atoms. The fourth-order valence-corrected chi connectivity index (χ4v) is 4.19. The van der Waals surface area contributed by atoms with Crippen LogP contribution in [0.4, 0.5) is 27.6 Å². The van der Waals surface area contributed by atoms with Gasteiger partial charge in [-0.25, -0.2) is 13.2 Å². The van der Waals surface area contributed by atoms with Crippen molar-refractivity contribution in [1.82, 2.24) is 9.55 Å². The topological polar surface area (TPSA) is 110 Å². The maximum atomic E-state index is 14.8. The Morgan fingerprint density at radius 2 is 1.69 bits per heavy atom. The van der Waals surface area contributed by atoms with Crippen LogP contribution >= 0.6 is 0 Å². The van der Waals surface area contributed by atoms with E-state index in [1.807, 2.05) is 4.98 Å². The fourth-order valence-electron chi connectivity index (χ4n) is 3.63. The molecule has 2 aromatic carbocycles. The summed E-state index contributed by atoms with van der Waals surface area (Å²) in [5, 5.41) is 0. The number of nitrogens with zero attached hydrogens (tertiary/aromatic N) is 1. The van der Waals surface area contributed by atoms with Crippen LogP contribution in [0.15, 0.2) is 70.4 Å². The number of anilines is 1. The van der Waals surface area contributed by atoms with Gasteiger partial charge in [-0.05, 0) is 48.4 Å². The summed E-state index contributed by atoms with van der Waals surface area (Å²) in [6.07, 6.45) is 0.276. The summed E-state index contributed by atoms with van der Waals surface area (Å²) >= 11 is 0. The first-order chi connectivity index (χ1) is 18.1. The Morgan fingerprint density at radius 1 is 1.05 bits per heavy atom. The van der Waals surface area contributed by atoms with Gasteiger partial charge in [0.2, 0.25) is 10.0 Å². The van der Waals surface area contributed by atoms with Crippen molar-refractivity contribution in [2.45, 2.75) is 19.0 Å². The monoisotopic (exact) mass is 571 g/mol. The number of hydrogen-bond donors (Lipinski definition) is 2. The molecular weight excluding hydrogens is 549 g/mol. The summed E-state index contributed by atoms with van der Waals surface area (Å²) < 4.78 is 101. The Bertz CT molecular complexity index is 1660. The number of hydrogen-bond acceptors (Lipinski definition) is 5. The number of benzene rings is 2. The van der Waals surface area contributed by atoms with Gasteiger partial charge in [0.25, 0.3) is 5.56 Å². The molecule has 1 heterocycles. The predicted molar refractivity (Wildman–Crippen MR) is 137 cm³/mol. The van der Waals surface area contributed by atoms with Gasteiger partial charge in [0.15, 0.2) is 0 Å². The van der Waals surface area contributed by atoms with E-state index in [0.717, 1.165) is 25.6 Å². The lowest BCUT2D eigenvalue weighted by Gasteiger charge is -2.25. The van der Waals surface area contributed by atoms with E-state index in [1.165, 1.54) is 48.6 Å². The zero-order valence-electron chi connectivity index (χ0n) is 20.6. The van der Waals surface area contributed by atoms with Gasteiger partial charge in [0.05, 0.1) is 24.6 Å². The van der Waals surface area contributed by atoms with E-state index in [4.69, 9.17) is 4.74 Å². The Labute approximate surface area is 219 Å². The van der Waals surface area contributed by atoms with Gasteiger partial charge in [0.1, 0.15) is 5.75 Å². The number of rotatable bonds is 8. The highest BCUT2D eigenvalue weighted by molar-refractivity contribution is 7.92. The first-order valence-electron chi connectivity index (χ1n) is 11.0. The minimum absolute atomic E-state index is 0.122. The van der Waals surface area contributed by atoms with Crippen molar-refractivity contribution in [3.63, 3.8) is 0 Å². The van der Waals surface area contributed by atoms with Gasteiger partial charge in [-0.3, -0.25) is 19.1 Å². The normalized spacial score (nSPS) is 13.1. The molecule has 208 valence electrons. The van der Waals surface area contributed by atoms with Gasteiger partial charge in [-0.2, -0.15) is 22.0 Å². The zero-order valence-corrected chi connectivity index (χ0v) is 21.5. The van der Waals surface area contributed by atoms with Crippen LogP contribution in [0.1, 0.15) is 23.6 Å². The Kier molecular flexibility index (Phi) is 8.19. The molecule has 0 atom stereocenters. The summed E-state index contributed by atoms with van der Waals surface area (Å²) in [5.41, 5.74) is -3.23. The number of nitrogens with one attached hydrogen (secondary N) is 2. The second-order valence-electron chi connectivity index (χ2n) is 8.22. The van der Waals surface area contributed by atoms with Crippen molar-refractivity contribution in [1.29, 1.82) is 0 Å². The van der Waals surface area contributed by atoms with E-state index < -0.39 is 50.4 Å². The molecule has 0 spiro atoms. The number of aromatic amines is 1. The first kappa shape index (κ1) is 29.4. The summed E-state index contributed by atoms with van der Waals surface area (Å²) in [6, 6.07) is 8.37. The van der Waals surface area contributed by atoms with Gasteiger partial charge in [-0.1, -0.05) is 24.3 Å². The molecule has 0 aliphatic rings. The van der Waals surface area contributed by atoms with Gasteiger partial charge >= 0.3 is 17.8 Å². The third-order valence-corrected chi connectivity index (χ3v) is 5.87. The van der Waals surface area contributed by atoms with Crippen LogP contribution in [-0.4, -0.2) is 37.5 Å². The van der Waals surface area contributed by atoms with Gasteiger partial charge < -0.3 is 4.74 Å². The van der Waals surface area contributed by atoms with E-state index >= 15 is 0 Å². The van der Waals surface area contributed by atoms with Crippen molar-refractivity contribution in [3.8, 4) is 11.4 Å². The summed E-state index contributed by atoms with van der Waals surface area (Å²) in [6.45, 7) is 1.58. The lowest BCUT2D eigenvalue weighted by Crippen LogP contribution is -2.34. The van der Waals surface area contributed by atoms with Gasteiger partial charge in [0, 0.05) is 23.5 Å². The highest BCUT2D eigenvalue weighted by atomic mass is 32.2. The molecule has 0 bridgehead atoms. The molecular formula is C25H22F5N3O5S. The highest BCUT2D eigenvalue weighted by Crippen LogP contribution is 2.49. The number of H-pyrrole nitrogens is 1. The molecule has 0 aliphatic heterocycles. The van der Waals surface area contributed by atoms with Crippen LogP contribution in [0, 0.1) is 0 Å². The SMILES string of the molecule is C/C=C\C(=C/c1ccc(NS(C)(=O)=O)cc1)c1cc(-n2ccc(=O)[nH]c2=O)cc(C(F)(F)C(F)(F)F)c1OC. The largest absolute Gasteiger partial charge is 0.496 e. The van der Waals surface area contributed by atoms with Crippen molar-refractivity contribution < 1.29 is 35.1 Å². The van der Waals surface area contributed by atoms with E-state index in [1.54, 1.807) is 6.92 Å². The average molecular weight is 572 g/mol. The van der Waals surface area contributed by atoms with E-state index in [9.17, 15) is 40.0 Å². The zero-order chi connectivity index (χ0) is 29.2. The summed E-state index contributed by atoms with van der Waals surface area (Å²) in [4.78, 5) is 25.8. The van der Waals surface area contributed by atoms with E-state index in [-0.39, 0.29) is 16.8 Å². The number of allylic oxidation sites excluding steroid dienone is 3. The van der Waals surface area contributed by atoms with Crippen LogP contribution in [0.3, 0.4) is 0 Å². The maximum Gasteiger partial charge on any atom is 0.458 e. The minimum atomic E-state index is -6.00. The standard InChI is InChI=1S/C25H22F5N3O5S/c1-4-5-16(12-15-6-8-17(9-7-15)32-39(3,36)37)19-13-18(33-11-10-21(34)31-23(33)35)14-20(22(19)38-2)24(26,27)25(28,29)30/h4-14,32H,1-3H3,(H,31,34,35)/b5-4-,16-12+. The van der Waals surface area contributed by atoms with Crippen LogP contribution in [0.25, 0.3) is 17.3 Å². The van der Waals surface area contributed by atoms with E-state index in [2.05, 4.69) is 4.72 Å². The Hall–Kier alpha value is -4.20. The number of halogens is 5. The third kappa shape index (κ3) is 6.63. The first-order valence-corrected chi connectivity index (χ1v) is 12.9. The number of aromatic nitrogens is 2. The molecule has 0 saturated carbocycles. The predicted octanol–water partition coefficient (Wildman–Crippen LogP) is 4.68. The lowest BCUT2D eigenvalue weighted by molar-refractivity contribution is -0.289. The van der Waals surface area contributed by atoms with Gasteiger partial charge in [-0.15, -0.1) is 0 Å². The smallest absolute Gasteiger partial charge is 0.458 e. The molecule has 0 unspecified atom stereocenters. The van der Waals surface area contributed by atoms with Crippen molar-refractivity contribution >= 4 is 27.4 Å². The fraction of sp³-hybridized carbons (Fsp3) is 0.200. The third-order valence-electron chi connectivity index (χ3n) is 5.27. The minimum Gasteiger partial charge on any atom is -0.496 e. The average Bonchev–Trinajstić information content (AvgIpc) is 2.82. The molecule has 0 aliphatic carbocycles. The number of alkyl halides is 5. The molecule has 2 N–H and O–H groups in total. The Balaban J connectivity index is 2.35. The van der Waals surface area contributed by atoms with Crippen molar-refractivity contribution in [3.05, 3.63) is 98.3 Å². The molecule has 8 nitrogen and oxygen atoms in total. The molecule has 0 radical (unpaired) electrons. The second kappa shape index (κ2) is 10.9. The maximum absolute atomic E-state index is 14.8. The van der Waals surface area contributed by atoms with Crippen LogP contribution < -0.4 is 20.7 Å². The highest BCUT2D eigenvalue weighted by Gasteiger charge is 2.60.